The molecule has 0 saturated carbocycles. The third-order valence-corrected chi connectivity index (χ3v) is 6.07. The Morgan fingerprint density at radius 1 is 1.09 bits per heavy atom. The number of aromatic nitrogens is 4. The van der Waals surface area contributed by atoms with Crippen molar-refractivity contribution in [3.8, 4) is 11.4 Å². The van der Waals surface area contributed by atoms with Crippen molar-refractivity contribution in [2.24, 2.45) is 0 Å². The fraction of sp³-hybridized carbons (Fsp3) is 0.0833. The number of carbonyl (C=O) groups is 1. The average molecular weight is 522 g/mol. The van der Waals surface area contributed by atoms with Crippen LogP contribution in [0.15, 0.2) is 88.7 Å². The standard InChI is InChI=1S/C24H18BrClN6O/c1-14-20(23(33)29-19-4-2-3-13-27-19)21(15-5-9-17(25)10-6-15)32-24(28-14)30-22(31-32)16-7-11-18(26)12-8-16/h2-13,21H,1H3,(H,27,29,33)(H,28,30,31). The molecule has 0 radical (unpaired) electrons. The van der Waals surface area contributed by atoms with Gasteiger partial charge in [0, 0.05) is 27.0 Å². The lowest BCUT2D eigenvalue weighted by Gasteiger charge is -2.28. The van der Waals surface area contributed by atoms with Gasteiger partial charge in [0.1, 0.15) is 11.9 Å². The van der Waals surface area contributed by atoms with E-state index in [2.05, 4.69) is 36.5 Å². The number of rotatable bonds is 4. The number of carbonyl (C=O) groups excluding carboxylic acids is 1. The molecule has 2 aromatic carbocycles. The highest BCUT2D eigenvalue weighted by molar-refractivity contribution is 9.10. The summed E-state index contributed by atoms with van der Waals surface area (Å²) in [5, 5.41) is 11.5. The summed E-state index contributed by atoms with van der Waals surface area (Å²) in [6, 6.07) is 20.0. The Hall–Kier alpha value is -3.49. The van der Waals surface area contributed by atoms with Gasteiger partial charge < -0.3 is 10.6 Å². The Kier molecular flexibility index (Phi) is 5.70. The Labute approximate surface area is 203 Å². The summed E-state index contributed by atoms with van der Waals surface area (Å²) in [4.78, 5) is 22.3. The normalized spacial score (nSPS) is 15.1. The molecular formula is C24H18BrClN6O. The molecule has 0 aliphatic carbocycles. The van der Waals surface area contributed by atoms with Gasteiger partial charge in [-0.05, 0) is 61.0 Å². The molecular weight excluding hydrogens is 504 g/mol. The molecule has 1 atom stereocenters. The van der Waals surface area contributed by atoms with E-state index in [0.29, 0.717) is 33.9 Å². The maximum Gasteiger partial charge on any atom is 0.257 e. The van der Waals surface area contributed by atoms with Crippen molar-refractivity contribution in [3.05, 3.63) is 99.3 Å². The lowest BCUT2D eigenvalue weighted by molar-refractivity contribution is -0.113. The van der Waals surface area contributed by atoms with Crippen molar-refractivity contribution in [2.75, 3.05) is 10.6 Å². The fourth-order valence-electron chi connectivity index (χ4n) is 3.74. The zero-order chi connectivity index (χ0) is 22.9. The van der Waals surface area contributed by atoms with Crippen LogP contribution in [0.4, 0.5) is 11.8 Å². The third-order valence-electron chi connectivity index (χ3n) is 5.29. The minimum Gasteiger partial charge on any atom is -0.328 e. The molecule has 1 aliphatic heterocycles. The smallest absolute Gasteiger partial charge is 0.257 e. The van der Waals surface area contributed by atoms with Crippen molar-refractivity contribution < 1.29 is 4.79 Å². The molecule has 0 fully saturated rings. The van der Waals surface area contributed by atoms with Gasteiger partial charge in [0.15, 0.2) is 5.82 Å². The van der Waals surface area contributed by atoms with Gasteiger partial charge >= 0.3 is 0 Å². The Morgan fingerprint density at radius 2 is 1.85 bits per heavy atom. The molecule has 33 heavy (non-hydrogen) atoms. The van der Waals surface area contributed by atoms with Gasteiger partial charge in [-0.2, -0.15) is 4.98 Å². The van der Waals surface area contributed by atoms with E-state index < -0.39 is 6.04 Å². The van der Waals surface area contributed by atoms with E-state index in [0.717, 1.165) is 15.6 Å². The summed E-state index contributed by atoms with van der Waals surface area (Å²) in [6.07, 6.45) is 1.64. The van der Waals surface area contributed by atoms with Crippen molar-refractivity contribution in [3.63, 3.8) is 0 Å². The minimum atomic E-state index is -0.480. The number of nitrogens with one attached hydrogen (secondary N) is 2. The first-order chi connectivity index (χ1) is 16.0. The zero-order valence-corrected chi connectivity index (χ0v) is 19.8. The highest BCUT2D eigenvalue weighted by atomic mass is 79.9. The van der Waals surface area contributed by atoms with Crippen LogP contribution in [0.1, 0.15) is 18.5 Å². The van der Waals surface area contributed by atoms with Crippen molar-refractivity contribution in [1.29, 1.82) is 0 Å². The van der Waals surface area contributed by atoms with Crippen LogP contribution >= 0.6 is 27.5 Å². The number of hydrogen-bond acceptors (Lipinski definition) is 5. The second kappa shape index (κ2) is 8.80. The van der Waals surface area contributed by atoms with Gasteiger partial charge in [0.2, 0.25) is 5.95 Å². The number of nitrogens with zero attached hydrogens (tertiary/aromatic N) is 4. The third kappa shape index (κ3) is 4.27. The molecule has 1 aliphatic rings. The molecule has 9 heteroatoms. The first kappa shape index (κ1) is 21.4. The minimum absolute atomic E-state index is 0.263. The van der Waals surface area contributed by atoms with Gasteiger partial charge in [0.05, 0.1) is 5.57 Å². The van der Waals surface area contributed by atoms with E-state index >= 15 is 0 Å². The highest BCUT2D eigenvalue weighted by Crippen LogP contribution is 2.37. The van der Waals surface area contributed by atoms with E-state index in [1.165, 1.54) is 0 Å². The Bertz CT molecular complexity index is 1350. The molecule has 1 unspecified atom stereocenters. The van der Waals surface area contributed by atoms with Crippen LogP contribution in [0.3, 0.4) is 0 Å². The van der Waals surface area contributed by atoms with Gasteiger partial charge in [-0.3, -0.25) is 4.79 Å². The molecule has 0 saturated heterocycles. The van der Waals surface area contributed by atoms with Crippen LogP contribution in [0.25, 0.3) is 11.4 Å². The number of amides is 1. The van der Waals surface area contributed by atoms with Crippen LogP contribution in [0, 0.1) is 0 Å². The number of fused-ring (bicyclic) bond motifs is 1. The largest absolute Gasteiger partial charge is 0.328 e. The maximum atomic E-state index is 13.4. The van der Waals surface area contributed by atoms with Crippen LogP contribution < -0.4 is 10.6 Å². The van der Waals surface area contributed by atoms with Crippen LogP contribution in [-0.2, 0) is 4.79 Å². The molecule has 0 spiro atoms. The van der Waals surface area contributed by atoms with Crippen LogP contribution in [0.5, 0.6) is 0 Å². The van der Waals surface area contributed by atoms with Gasteiger partial charge in [-0.25, -0.2) is 9.67 Å². The zero-order valence-electron chi connectivity index (χ0n) is 17.5. The van der Waals surface area contributed by atoms with Crippen molar-refractivity contribution in [2.45, 2.75) is 13.0 Å². The van der Waals surface area contributed by atoms with E-state index in [-0.39, 0.29) is 5.91 Å². The Morgan fingerprint density at radius 3 is 2.55 bits per heavy atom. The van der Waals surface area contributed by atoms with Crippen molar-refractivity contribution >= 4 is 45.2 Å². The summed E-state index contributed by atoms with van der Waals surface area (Å²) in [5.74, 6) is 1.31. The van der Waals surface area contributed by atoms with E-state index in [1.54, 1.807) is 35.1 Å². The number of hydrogen-bond donors (Lipinski definition) is 2. The number of allylic oxidation sites excluding steroid dienone is 1. The average Bonchev–Trinajstić information content (AvgIpc) is 3.23. The maximum absolute atomic E-state index is 13.4. The summed E-state index contributed by atoms with van der Waals surface area (Å²) in [6.45, 7) is 1.86. The van der Waals surface area contributed by atoms with E-state index in [9.17, 15) is 4.79 Å². The molecule has 5 rings (SSSR count). The number of halogens is 2. The second-order valence-corrected chi connectivity index (χ2v) is 8.85. The predicted octanol–water partition coefficient (Wildman–Crippen LogP) is 5.68. The first-order valence-electron chi connectivity index (χ1n) is 10.2. The number of benzene rings is 2. The molecule has 0 bridgehead atoms. The quantitative estimate of drug-likeness (QED) is 0.361. The predicted molar refractivity (Wildman–Crippen MR) is 132 cm³/mol. The molecule has 164 valence electrons. The molecule has 2 aromatic heterocycles. The molecule has 3 heterocycles. The Balaban J connectivity index is 1.60. The lowest BCUT2D eigenvalue weighted by Crippen LogP contribution is -2.31. The summed E-state index contributed by atoms with van der Waals surface area (Å²) >= 11 is 9.52. The summed E-state index contributed by atoms with van der Waals surface area (Å²) in [7, 11) is 0. The SMILES string of the molecule is CC1=C(C(=O)Nc2ccccn2)C(c2ccc(Br)cc2)n2nc(-c3ccc(Cl)cc3)nc2N1. The number of pyridine rings is 1. The number of anilines is 2. The van der Waals surface area contributed by atoms with Gasteiger partial charge in [-0.1, -0.05) is 45.7 Å². The molecule has 2 N–H and O–H groups in total. The van der Waals surface area contributed by atoms with E-state index in [1.807, 2.05) is 49.4 Å². The highest BCUT2D eigenvalue weighted by Gasteiger charge is 2.34. The monoisotopic (exact) mass is 520 g/mol. The lowest BCUT2D eigenvalue weighted by atomic mass is 9.95. The first-order valence-corrected chi connectivity index (χ1v) is 11.3. The molecule has 1 amide bonds. The fourth-order valence-corrected chi connectivity index (χ4v) is 4.13. The van der Waals surface area contributed by atoms with Crippen molar-refractivity contribution in [1.82, 2.24) is 19.7 Å². The van der Waals surface area contributed by atoms with Crippen LogP contribution in [-0.4, -0.2) is 25.7 Å². The summed E-state index contributed by atoms with van der Waals surface area (Å²) in [5.41, 5.74) is 2.95. The molecule has 4 aromatic rings. The van der Waals surface area contributed by atoms with E-state index in [4.69, 9.17) is 16.7 Å². The van der Waals surface area contributed by atoms with Gasteiger partial charge in [0.25, 0.3) is 5.91 Å². The second-order valence-electron chi connectivity index (χ2n) is 7.50. The topological polar surface area (TPSA) is 84.7 Å². The molecule has 7 nitrogen and oxygen atoms in total. The van der Waals surface area contributed by atoms with Crippen LogP contribution in [0.2, 0.25) is 5.02 Å². The summed E-state index contributed by atoms with van der Waals surface area (Å²) < 4.78 is 2.69. The van der Waals surface area contributed by atoms with Gasteiger partial charge in [-0.15, -0.1) is 5.10 Å².